The van der Waals surface area contributed by atoms with E-state index in [-0.39, 0.29) is 5.91 Å². The molecule has 0 aliphatic heterocycles. The number of carbonyl (C=O) groups excluding carboxylic acids is 1. The highest BCUT2D eigenvalue weighted by Gasteiger charge is 2.31. The Balaban J connectivity index is 1.82. The predicted molar refractivity (Wildman–Crippen MR) is 82.5 cm³/mol. The maximum absolute atomic E-state index is 12.5. The summed E-state index contributed by atoms with van der Waals surface area (Å²) in [4.78, 5) is 14.6. The van der Waals surface area contributed by atoms with Gasteiger partial charge in [-0.05, 0) is 24.8 Å². The van der Waals surface area contributed by atoms with Crippen LogP contribution in [0.3, 0.4) is 0 Å². The lowest BCUT2D eigenvalue weighted by Crippen LogP contribution is -2.34. The predicted octanol–water partition coefficient (Wildman–Crippen LogP) is 3.40. The molecule has 1 saturated carbocycles. The lowest BCUT2D eigenvalue weighted by molar-refractivity contribution is 0.0650. The summed E-state index contributed by atoms with van der Waals surface area (Å²) < 4.78 is 1.01. The van der Waals surface area contributed by atoms with Gasteiger partial charge in [-0.1, -0.05) is 29.8 Å². The molecule has 0 radical (unpaired) electrons. The highest BCUT2D eigenvalue weighted by molar-refractivity contribution is 7.21. The molecule has 0 saturated heterocycles. The van der Waals surface area contributed by atoms with Gasteiger partial charge in [0.15, 0.2) is 0 Å². The van der Waals surface area contributed by atoms with Crippen LogP contribution in [0.2, 0.25) is 5.02 Å². The lowest BCUT2D eigenvalue weighted by atomic mass is 10.2. The Bertz CT molecular complexity index is 650. The number of benzene rings is 1. The summed E-state index contributed by atoms with van der Waals surface area (Å²) in [5.74, 6) is 0.249. The third-order valence-corrected chi connectivity index (χ3v) is 5.37. The van der Waals surface area contributed by atoms with Crippen LogP contribution < -0.4 is 0 Å². The number of carbonyl (C=O) groups is 1. The Morgan fingerprint density at radius 2 is 2.20 bits per heavy atom. The second kappa shape index (κ2) is 5.35. The molecule has 5 heteroatoms. The number of hydrogen-bond acceptors (Lipinski definition) is 3. The van der Waals surface area contributed by atoms with Crippen LogP contribution in [0.4, 0.5) is 0 Å². The molecule has 1 fully saturated rings. The Morgan fingerprint density at radius 3 is 2.85 bits per heavy atom. The molecule has 0 bridgehead atoms. The summed E-state index contributed by atoms with van der Waals surface area (Å²) in [5.41, 5.74) is 0. The van der Waals surface area contributed by atoms with Crippen LogP contribution in [0.25, 0.3) is 10.1 Å². The van der Waals surface area contributed by atoms with E-state index in [9.17, 15) is 9.90 Å². The molecular weight excluding hydrogens is 294 g/mol. The van der Waals surface area contributed by atoms with Crippen LogP contribution in [-0.2, 0) is 0 Å². The van der Waals surface area contributed by atoms with Crippen molar-refractivity contribution >= 4 is 38.9 Å². The molecule has 1 atom stereocenters. The van der Waals surface area contributed by atoms with Gasteiger partial charge in [0.25, 0.3) is 5.91 Å². The fraction of sp³-hybridized carbons (Fsp3) is 0.400. The zero-order chi connectivity index (χ0) is 14.3. The number of thiophene rings is 1. The average molecular weight is 310 g/mol. The summed E-state index contributed by atoms with van der Waals surface area (Å²) in [7, 11) is 1.72. The van der Waals surface area contributed by atoms with Crippen LogP contribution in [-0.4, -0.2) is 35.6 Å². The van der Waals surface area contributed by atoms with Gasteiger partial charge in [-0.2, -0.15) is 0 Å². The SMILES string of the molecule is CN(CC(O)C1CC1)C(=O)c1sc2ccccc2c1Cl. The molecule has 1 heterocycles. The molecule has 1 amide bonds. The molecule has 2 aromatic rings. The summed E-state index contributed by atoms with van der Waals surface area (Å²) in [6, 6.07) is 7.73. The molecule has 1 aliphatic rings. The van der Waals surface area contributed by atoms with Crippen LogP contribution in [0.5, 0.6) is 0 Å². The van der Waals surface area contributed by atoms with Crippen LogP contribution in [0.15, 0.2) is 24.3 Å². The van der Waals surface area contributed by atoms with E-state index in [0.29, 0.717) is 22.4 Å². The minimum Gasteiger partial charge on any atom is -0.391 e. The van der Waals surface area contributed by atoms with Crippen molar-refractivity contribution < 1.29 is 9.90 Å². The second-order valence-corrected chi connectivity index (χ2v) is 6.76. The number of aliphatic hydroxyl groups excluding tert-OH is 1. The van der Waals surface area contributed by atoms with Gasteiger partial charge in [-0.3, -0.25) is 4.79 Å². The van der Waals surface area contributed by atoms with Gasteiger partial charge in [-0.15, -0.1) is 11.3 Å². The highest BCUT2D eigenvalue weighted by atomic mass is 35.5. The summed E-state index contributed by atoms with van der Waals surface area (Å²) >= 11 is 7.71. The van der Waals surface area contributed by atoms with Crippen LogP contribution >= 0.6 is 22.9 Å². The van der Waals surface area contributed by atoms with Gasteiger partial charge in [0.05, 0.1) is 11.1 Å². The summed E-state index contributed by atoms with van der Waals surface area (Å²) in [6.45, 7) is 0.369. The standard InChI is InChI=1S/C15H16ClNO2S/c1-17(8-11(18)9-6-7-9)15(19)14-13(16)10-4-2-3-5-12(10)20-14/h2-5,9,11,18H,6-8H2,1H3. The highest BCUT2D eigenvalue weighted by Crippen LogP contribution is 2.36. The molecule has 20 heavy (non-hydrogen) atoms. The largest absolute Gasteiger partial charge is 0.391 e. The molecule has 1 aliphatic carbocycles. The van der Waals surface area contributed by atoms with Gasteiger partial charge in [-0.25, -0.2) is 0 Å². The number of likely N-dealkylation sites (N-methyl/N-ethyl adjacent to an activating group) is 1. The quantitative estimate of drug-likeness (QED) is 0.940. The minimum atomic E-state index is -0.419. The average Bonchev–Trinajstić information content (AvgIpc) is 3.24. The molecule has 1 aromatic carbocycles. The Hall–Kier alpha value is -1.10. The Kier molecular flexibility index (Phi) is 3.71. The third-order valence-electron chi connectivity index (χ3n) is 3.70. The fourth-order valence-corrected chi connectivity index (χ4v) is 3.83. The van der Waals surface area contributed by atoms with Crippen molar-refractivity contribution in [2.75, 3.05) is 13.6 Å². The van der Waals surface area contributed by atoms with Crippen LogP contribution in [0, 0.1) is 5.92 Å². The second-order valence-electron chi connectivity index (χ2n) is 5.33. The van der Waals surface area contributed by atoms with Gasteiger partial charge < -0.3 is 10.0 Å². The molecular formula is C15H16ClNO2S. The maximum atomic E-state index is 12.5. The van der Waals surface area contributed by atoms with Gasteiger partial charge >= 0.3 is 0 Å². The Morgan fingerprint density at radius 1 is 1.50 bits per heavy atom. The normalized spacial score (nSPS) is 16.4. The van der Waals surface area contributed by atoms with Crippen molar-refractivity contribution in [2.45, 2.75) is 18.9 Å². The first-order valence-electron chi connectivity index (χ1n) is 6.68. The van der Waals surface area contributed by atoms with Crippen molar-refractivity contribution in [1.29, 1.82) is 0 Å². The number of fused-ring (bicyclic) bond motifs is 1. The Labute approximate surface area is 126 Å². The van der Waals surface area contributed by atoms with Gasteiger partial charge in [0.1, 0.15) is 4.88 Å². The van der Waals surface area contributed by atoms with Gasteiger partial charge in [0.2, 0.25) is 0 Å². The van der Waals surface area contributed by atoms with Crippen molar-refractivity contribution in [1.82, 2.24) is 4.90 Å². The fourth-order valence-electron chi connectivity index (χ4n) is 2.32. The first-order chi connectivity index (χ1) is 9.58. The van der Waals surface area contributed by atoms with E-state index in [0.717, 1.165) is 22.9 Å². The molecule has 3 rings (SSSR count). The first-order valence-corrected chi connectivity index (χ1v) is 7.88. The number of halogens is 1. The maximum Gasteiger partial charge on any atom is 0.265 e. The zero-order valence-electron chi connectivity index (χ0n) is 11.2. The number of amides is 1. The smallest absolute Gasteiger partial charge is 0.265 e. The molecule has 0 spiro atoms. The molecule has 3 nitrogen and oxygen atoms in total. The van der Waals surface area contributed by atoms with E-state index in [1.165, 1.54) is 11.3 Å². The van der Waals surface area contributed by atoms with Crippen molar-refractivity contribution in [3.63, 3.8) is 0 Å². The van der Waals surface area contributed by atoms with E-state index < -0.39 is 6.10 Å². The first kappa shape index (κ1) is 13.9. The number of nitrogens with zero attached hydrogens (tertiary/aromatic N) is 1. The number of hydrogen-bond donors (Lipinski definition) is 1. The number of aliphatic hydroxyl groups is 1. The minimum absolute atomic E-state index is 0.115. The van der Waals surface area contributed by atoms with Crippen molar-refractivity contribution in [3.05, 3.63) is 34.2 Å². The lowest BCUT2D eigenvalue weighted by Gasteiger charge is -2.20. The van der Waals surface area contributed by atoms with Crippen molar-refractivity contribution in [2.24, 2.45) is 5.92 Å². The molecule has 1 aromatic heterocycles. The van der Waals surface area contributed by atoms with E-state index in [1.807, 2.05) is 24.3 Å². The topological polar surface area (TPSA) is 40.5 Å². The molecule has 1 unspecified atom stereocenters. The van der Waals surface area contributed by atoms with Gasteiger partial charge in [0, 0.05) is 23.7 Å². The molecule has 1 N–H and O–H groups in total. The van der Waals surface area contributed by atoms with E-state index in [4.69, 9.17) is 11.6 Å². The molecule has 106 valence electrons. The van der Waals surface area contributed by atoms with E-state index in [1.54, 1.807) is 11.9 Å². The third kappa shape index (κ3) is 2.55. The monoisotopic (exact) mass is 309 g/mol. The van der Waals surface area contributed by atoms with E-state index >= 15 is 0 Å². The summed E-state index contributed by atoms with van der Waals surface area (Å²) in [6.07, 6.45) is 1.71. The van der Waals surface area contributed by atoms with Crippen LogP contribution in [0.1, 0.15) is 22.5 Å². The van der Waals surface area contributed by atoms with E-state index in [2.05, 4.69) is 0 Å². The van der Waals surface area contributed by atoms with Crippen molar-refractivity contribution in [3.8, 4) is 0 Å². The number of rotatable bonds is 4. The summed E-state index contributed by atoms with van der Waals surface area (Å²) in [5, 5.41) is 11.4. The zero-order valence-corrected chi connectivity index (χ0v) is 12.7.